The van der Waals surface area contributed by atoms with Crippen molar-refractivity contribution in [3.63, 3.8) is 0 Å². The number of benzene rings is 1. The average molecular weight is 232 g/mol. The third kappa shape index (κ3) is 2.84. The van der Waals surface area contributed by atoms with E-state index in [0.717, 1.165) is 5.69 Å². The molecule has 1 N–H and O–H groups in total. The Morgan fingerprint density at radius 3 is 2.94 bits per heavy atom. The second-order valence-electron chi connectivity index (χ2n) is 3.60. The van der Waals surface area contributed by atoms with Gasteiger partial charge in [-0.05, 0) is 24.3 Å². The highest BCUT2D eigenvalue weighted by molar-refractivity contribution is 5.87. The number of hydrogen-bond acceptors (Lipinski definition) is 3. The first-order valence-electron chi connectivity index (χ1n) is 5.10. The van der Waals surface area contributed by atoms with Gasteiger partial charge in [-0.1, -0.05) is 6.07 Å². The molecular weight excluding hydrogens is 220 g/mol. The molecule has 0 spiro atoms. The standard InChI is InChI=1S/C12H12N2O3/c1-14-6-5-10(13-14)8-17-11-4-2-3-9(7-11)12(15)16/h2-7H,8H2,1H3,(H,15,16). The number of carbonyl (C=O) groups is 1. The van der Waals surface area contributed by atoms with Gasteiger partial charge < -0.3 is 9.84 Å². The summed E-state index contributed by atoms with van der Waals surface area (Å²) in [7, 11) is 1.83. The van der Waals surface area contributed by atoms with Crippen LogP contribution in [0.2, 0.25) is 0 Å². The normalized spacial score (nSPS) is 10.2. The largest absolute Gasteiger partial charge is 0.487 e. The minimum absolute atomic E-state index is 0.212. The molecular formula is C12H12N2O3. The Balaban J connectivity index is 2.04. The lowest BCUT2D eigenvalue weighted by Crippen LogP contribution is -2.00. The molecule has 1 aromatic heterocycles. The number of rotatable bonds is 4. The Bertz CT molecular complexity index is 534. The summed E-state index contributed by atoms with van der Waals surface area (Å²) in [5.74, 6) is -0.441. The first-order valence-corrected chi connectivity index (χ1v) is 5.10. The fourth-order valence-electron chi connectivity index (χ4n) is 1.42. The molecule has 1 aromatic carbocycles. The molecule has 0 saturated carbocycles. The molecule has 5 nitrogen and oxygen atoms in total. The third-order valence-electron chi connectivity index (χ3n) is 2.24. The minimum Gasteiger partial charge on any atom is -0.487 e. The topological polar surface area (TPSA) is 64.3 Å². The average Bonchev–Trinajstić information content (AvgIpc) is 2.73. The fraction of sp³-hybridized carbons (Fsp3) is 0.167. The summed E-state index contributed by atoms with van der Waals surface area (Å²) in [6.07, 6.45) is 1.83. The van der Waals surface area contributed by atoms with E-state index in [1.54, 1.807) is 16.8 Å². The number of carboxylic acids is 1. The molecule has 2 rings (SSSR count). The second-order valence-corrected chi connectivity index (χ2v) is 3.60. The van der Waals surface area contributed by atoms with Crippen molar-refractivity contribution in [2.45, 2.75) is 6.61 Å². The van der Waals surface area contributed by atoms with Crippen LogP contribution in [-0.2, 0) is 13.7 Å². The number of hydrogen-bond donors (Lipinski definition) is 1. The van der Waals surface area contributed by atoms with E-state index >= 15 is 0 Å². The lowest BCUT2D eigenvalue weighted by Gasteiger charge is -2.04. The molecule has 17 heavy (non-hydrogen) atoms. The predicted molar refractivity (Wildman–Crippen MR) is 60.9 cm³/mol. The van der Waals surface area contributed by atoms with Crippen molar-refractivity contribution in [1.82, 2.24) is 9.78 Å². The van der Waals surface area contributed by atoms with Gasteiger partial charge in [0.05, 0.1) is 11.3 Å². The smallest absolute Gasteiger partial charge is 0.335 e. The highest BCUT2D eigenvalue weighted by Gasteiger charge is 2.04. The molecule has 1 heterocycles. The maximum absolute atomic E-state index is 10.8. The van der Waals surface area contributed by atoms with Gasteiger partial charge in [0.1, 0.15) is 12.4 Å². The summed E-state index contributed by atoms with van der Waals surface area (Å²) in [5.41, 5.74) is 1.01. The van der Waals surface area contributed by atoms with E-state index in [9.17, 15) is 4.79 Å². The van der Waals surface area contributed by atoms with Gasteiger partial charge in [0.2, 0.25) is 0 Å². The number of ether oxygens (including phenoxy) is 1. The van der Waals surface area contributed by atoms with Gasteiger partial charge in [0.15, 0.2) is 0 Å². The van der Waals surface area contributed by atoms with Crippen LogP contribution >= 0.6 is 0 Å². The van der Waals surface area contributed by atoms with Crippen LogP contribution in [0.15, 0.2) is 36.5 Å². The fourth-order valence-corrected chi connectivity index (χ4v) is 1.42. The summed E-state index contributed by atoms with van der Waals surface area (Å²) >= 11 is 0. The van der Waals surface area contributed by atoms with E-state index < -0.39 is 5.97 Å². The summed E-state index contributed by atoms with van der Waals surface area (Å²) in [4.78, 5) is 10.8. The maximum atomic E-state index is 10.8. The third-order valence-corrected chi connectivity index (χ3v) is 2.24. The van der Waals surface area contributed by atoms with Crippen LogP contribution < -0.4 is 4.74 Å². The van der Waals surface area contributed by atoms with E-state index in [-0.39, 0.29) is 5.56 Å². The van der Waals surface area contributed by atoms with Gasteiger partial charge in [-0.3, -0.25) is 4.68 Å². The van der Waals surface area contributed by atoms with Crippen LogP contribution in [0.25, 0.3) is 0 Å². The molecule has 0 aliphatic carbocycles. The minimum atomic E-state index is -0.965. The Morgan fingerprint density at radius 1 is 1.47 bits per heavy atom. The molecule has 0 saturated heterocycles. The van der Waals surface area contributed by atoms with Crippen molar-refractivity contribution in [3.05, 3.63) is 47.8 Å². The first-order chi connectivity index (χ1) is 8.15. The number of nitrogens with zero attached hydrogens (tertiary/aromatic N) is 2. The van der Waals surface area contributed by atoms with E-state index in [1.807, 2.05) is 19.3 Å². The van der Waals surface area contributed by atoms with Crippen molar-refractivity contribution in [3.8, 4) is 5.75 Å². The Kier molecular flexibility index (Phi) is 3.09. The first kappa shape index (κ1) is 11.2. The monoisotopic (exact) mass is 232 g/mol. The SMILES string of the molecule is Cn1ccc(COc2cccc(C(=O)O)c2)n1. The number of aryl methyl sites for hydroxylation is 1. The number of aromatic carboxylic acids is 1. The van der Waals surface area contributed by atoms with E-state index in [0.29, 0.717) is 12.4 Å². The number of carboxylic acid groups (broad SMARTS) is 1. The molecule has 0 atom stereocenters. The maximum Gasteiger partial charge on any atom is 0.335 e. The summed E-state index contributed by atoms with van der Waals surface area (Å²) in [6.45, 7) is 0.323. The van der Waals surface area contributed by atoms with E-state index in [1.165, 1.54) is 12.1 Å². The molecule has 0 radical (unpaired) electrons. The van der Waals surface area contributed by atoms with Crippen LogP contribution in [0.3, 0.4) is 0 Å². The zero-order chi connectivity index (χ0) is 12.3. The number of aromatic nitrogens is 2. The van der Waals surface area contributed by atoms with Gasteiger partial charge in [-0.2, -0.15) is 5.10 Å². The van der Waals surface area contributed by atoms with Gasteiger partial charge >= 0.3 is 5.97 Å². The van der Waals surface area contributed by atoms with Crippen LogP contribution in [0.1, 0.15) is 16.1 Å². The van der Waals surface area contributed by atoms with E-state index in [4.69, 9.17) is 9.84 Å². The van der Waals surface area contributed by atoms with Crippen molar-refractivity contribution < 1.29 is 14.6 Å². The Morgan fingerprint density at radius 2 is 2.29 bits per heavy atom. The quantitative estimate of drug-likeness (QED) is 0.871. The molecule has 0 aliphatic rings. The highest BCUT2D eigenvalue weighted by Crippen LogP contribution is 2.14. The predicted octanol–water partition coefficient (Wildman–Crippen LogP) is 1.70. The zero-order valence-corrected chi connectivity index (χ0v) is 9.33. The molecule has 0 aliphatic heterocycles. The van der Waals surface area contributed by atoms with Gasteiger partial charge in [0.25, 0.3) is 0 Å². The Hall–Kier alpha value is -2.30. The van der Waals surface area contributed by atoms with Gasteiger partial charge in [-0.25, -0.2) is 4.79 Å². The molecule has 0 unspecified atom stereocenters. The second kappa shape index (κ2) is 4.69. The highest BCUT2D eigenvalue weighted by atomic mass is 16.5. The van der Waals surface area contributed by atoms with Crippen LogP contribution in [-0.4, -0.2) is 20.9 Å². The van der Waals surface area contributed by atoms with Gasteiger partial charge in [-0.15, -0.1) is 0 Å². The molecule has 2 aromatic rings. The molecule has 0 amide bonds. The van der Waals surface area contributed by atoms with Crippen LogP contribution in [0.4, 0.5) is 0 Å². The lowest BCUT2D eigenvalue weighted by atomic mass is 10.2. The molecule has 0 bridgehead atoms. The molecule has 0 fully saturated rings. The summed E-state index contributed by atoms with van der Waals surface area (Å²) in [5, 5.41) is 13.0. The van der Waals surface area contributed by atoms with E-state index in [2.05, 4.69) is 5.10 Å². The van der Waals surface area contributed by atoms with Gasteiger partial charge in [0, 0.05) is 13.2 Å². The van der Waals surface area contributed by atoms with Crippen molar-refractivity contribution in [2.24, 2.45) is 7.05 Å². The van der Waals surface area contributed by atoms with Crippen LogP contribution in [0, 0.1) is 0 Å². The Labute approximate surface area is 98.3 Å². The molecule has 5 heteroatoms. The summed E-state index contributed by atoms with van der Waals surface area (Å²) < 4.78 is 7.14. The van der Waals surface area contributed by atoms with Crippen molar-refractivity contribution in [1.29, 1.82) is 0 Å². The zero-order valence-electron chi connectivity index (χ0n) is 9.33. The van der Waals surface area contributed by atoms with Crippen LogP contribution in [0.5, 0.6) is 5.75 Å². The summed E-state index contributed by atoms with van der Waals surface area (Å²) in [6, 6.07) is 8.23. The lowest BCUT2D eigenvalue weighted by molar-refractivity contribution is 0.0696. The molecule has 88 valence electrons. The van der Waals surface area contributed by atoms with Crippen molar-refractivity contribution >= 4 is 5.97 Å². The van der Waals surface area contributed by atoms with Crippen molar-refractivity contribution in [2.75, 3.05) is 0 Å².